The highest BCUT2D eigenvalue weighted by atomic mass is 35.5. The minimum atomic E-state index is -4.35. The van der Waals surface area contributed by atoms with E-state index in [0.29, 0.717) is 0 Å². The first-order chi connectivity index (χ1) is 5.02. The Kier molecular flexibility index (Phi) is 4.37. The summed E-state index contributed by atoms with van der Waals surface area (Å²) in [6, 6.07) is 4.92. The second kappa shape index (κ2) is 4.34. The number of rotatable bonds is 0. The van der Waals surface area contributed by atoms with Gasteiger partial charge in [-0.05, 0) is 12.1 Å². The van der Waals surface area contributed by atoms with Crippen LogP contribution >= 0.6 is 11.6 Å². The van der Waals surface area contributed by atoms with Crippen LogP contribution < -0.4 is 0 Å². The van der Waals surface area contributed by atoms with Crippen molar-refractivity contribution in [3.63, 3.8) is 0 Å². The van der Waals surface area contributed by atoms with E-state index in [1.165, 1.54) is 18.2 Å². The lowest BCUT2D eigenvalue weighted by Gasteiger charge is -2.06. The first kappa shape index (κ1) is 12.1. The Hall–Kier alpha value is 0.0662. The fourth-order valence-electron chi connectivity index (χ4n) is 0.691. The molecule has 0 aliphatic rings. The van der Waals surface area contributed by atoms with Crippen LogP contribution in [0.25, 0.3) is 0 Å². The summed E-state index contributed by atoms with van der Waals surface area (Å²) in [5, 5.41) is -0.264. The van der Waals surface area contributed by atoms with Gasteiger partial charge in [-0.1, -0.05) is 23.7 Å². The molecule has 5 heteroatoms. The predicted molar refractivity (Wildman–Crippen MR) is 42.2 cm³/mol. The van der Waals surface area contributed by atoms with Crippen molar-refractivity contribution in [1.82, 2.24) is 0 Å². The Labute approximate surface area is 88.9 Å². The molecule has 0 saturated heterocycles. The van der Waals surface area contributed by atoms with Crippen molar-refractivity contribution < 1.29 is 13.2 Å². The Morgan fingerprint density at radius 3 is 1.92 bits per heavy atom. The third kappa shape index (κ3) is 2.84. The molecular weight excluding hydrogens is 201 g/mol. The van der Waals surface area contributed by atoms with Crippen molar-refractivity contribution in [1.29, 1.82) is 0 Å². The average Bonchev–Trinajstić information content (AvgIpc) is 1.86. The van der Waals surface area contributed by atoms with Crippen LogP contribution in [0.2, 0.25) is 5.02 Å². The number of hydrogen-bond donors (Lipinski definition) is 0. The second-order valence-electron chi connectivity index (χ2n) is 1.98. The summed E-state index contributed by atoms with van der Waals surface area (Å²) in [7, 11) is 0. The molecule has 62 valence electrons. The molecule has 1 rings (SSSR count). The molecule has 0 saturated carbocycles. The lowest BCUT2D eigenvalue weighted by molar-refractivity contribution is -0.137. The smallest absolute Gasteiger partial charge is 0.166 e. The summed E-state index contributed by atoms with van der Waals surface area (Å²) in [5.41, 5.74) is -0.790. The van der Waals surface area contributed by atoms with Gasteiger partial charge in [-0.3, -0.25) is 0 Å². The molecule has 0 N–H and O–H groups in total. The first-order valence-electron chi connectivity index (χ1n) is 2.83. The second-order valence-corrected chi connectivity index (χ2v) is 2.38. The standard InChI is InChI=1S/C7H4ClF3.Mg/c8-6-4-2-1-3-5(6)7(9,10)11;/h1-4H;. The SMILES string of the molecule is FC(F)(F)c1ccccc1Cl.[Mg]. The van der Waals surface area contributed by atoms with Crippen molar-refractivity contribution in [2.45, 2.75) is 6.18 Å². The molecular formula is C7H4ClF3Mg. The molecule has 0 bridgehead atoms. The van der Waals surface area contributed by atoms with Gasteiger partial charge in [0.1, 0.15) is 0 Å². The maximum atomic E-state index is 12.0. The zero-order valence-corrected chi connectivity index (χ0v) is 8.20. The quantitative estimate of drug-likeness (QED) is 0.571. The van der Waals surface area contributed by atoms with Crippen molar-refractivity contribution in [3.05, 3.63) is 34.9 Å². The van der Waals surface area contributed by atoms with Crippen molar-refractivity contribution >= 4 is 34.7 Å². The Bertz CT molecular complexity index is 259. The third-order valence-electron chi connectivity index (χ3n) is 1.18. The zero-order valence-electron chi connectivity index (χ0n) is 6.03. The number of benzene rings is 1. The highest BCUT2D eigenvalue weighted by molar-refractivity contribution is 6.31. The van der Waals surface area contributed by atoms with Crippen LogP contribution in [-0.4, -0.2) is 23.1 Å². The third-order valence-corrected chi connectivity index (χ3v) is 1.51. The number of halogens is 4. The highest BCUT2D eigenvalue weighted by Crippen LogP contribution is 2.33. The molecule has 0 atom stereocenters. The summed E-state index contributed by atoms with van der Waals surface area (Å²) >= 11 is 5.29. The molecule has 0 nitrogen and oxygen atoms in total. The van der Waals surface area contributed by atoms with E-state index in [-0.39, 0.29) is 28.1 Å². The molecule has 0 aliphatic heterocycles. The maximum absolute atomic E-state index is 12.0. The van der Waals surface area contributed by atoms with Crippen LogP contribution in [0.3, 0.4) is 0 Å². The fraction of sp³-hybridized carbons (Fsp3) is 0.143. The molecule has 1 aromatic carbocycles. The van der Waals surface area contributed by atoms with Gasteiger partial charge in [0.2, 0.25) is 0 Å². The van der Waals surface area contributed by atoms with E-state index >= 15 is 0 Å². The summed E-state index contributed by atoms with van der Waals surface area (Å²) in [6.07, 6.45) is -4.35. The average molecular weight is 205 g/mol. The lowest BCUT2D eigenvalue weighted by Crippen LogP contribution is -2.04. The van der Waals surface area contributed by atoms with Gasteiger partial charge in [0.15, 0.2) is 0 Å². The molecule has 0 aromatic heterocycles. The molecule has 0 fully saturated rings. The molecule has 0 unspecified atom stereocenters. The van der Waals surface area contributed by atoms with E-state index in [1.807, 2.05) is 0 Å². The van der Waals surface area contributed by atoms with E-state index in [1.54, 1.807) is 0 Å². The molecule has 0 amide bonds. The predicted octanol–water partition coefficient (Wildman–Crippen LogP) is 2.98. The van der Waals surface area contributed by atoms with Gasteiger partial charge in [-0.15, -0.1) is 0 Å². The van der Waals surface area contributed by atoms with Crippen LogP contribution in [-0.2, 0) is 6.18 Å². The number of hydrogen-bond acceptors (Lipinski definition) is 0. The molecule has 0 spiro atoms. The zero-order chi connectivity index (χ0) is 8.48. The van der Waals surface area contributed by atoms with Gasteiger partial charge in [0.05, 0.1) is 10.6 Å². The van der Waals surface area contributed by atoms with Gasteiger partial charge >= 0.3 is 6.18 Å². The van der Waals surface area contributed by atoms with Crippen LogP contribution in [0, 0.1) is 0 Å². The van der Waals surface area contributed by atoms with Gasteiger partial charge in [-0.25, -0.2) is 0 Å². The van der Waals surface area contributed by atoms with Gasteiger partial charge in [0, 0.05) is 23.1 Å². The van der Waals surface area contributed by atoms with E-state index in [2.05, 4.69) is 0 Å². The highest BCUT2D eigenvalue weighted by Gasteiger charge is 2.32. The molecule has 2 radical (unpaired) electrons. The topological polar surface area (TPSA) is 0 Å². The number of alkyl halides is 3. The lowest BCUT2D eigenvalue weighted by atomic mass is 10.2. The Morgan fingerprint density at radius 2 is 1.58 bits per heavy atom. The van der Waals surface area contributed by atoms with E-state index in [0.717, 1.165) is 6.07 Å². The van der Waals surface area contributed by atoms with Crippen molar-refractivity contribution in [3.8, 4) is 0 Å². The van der Waals surface area contributed by atoms with Gasteiger partial charge in [0.25, 0.3) is 0 Å². The minimum absolute atomic E-state index is 0. The normalized spacial score (nSPS) is 10.7. The molecule has 0 aliphatic carbocycles. The van der Waals surface area contributed by atoms with Crippen LogP contribution in [0.15, 0.2) is 24.3 Å². The summed E-state index contributed by atoms with van der Waals surface area (Å²) in [5.74, 6) is 0. The first-order valence-corrected chi connectivity index (χ1v) is 3.21. The van der Waals surface area contributed by atoms with Gasteiger partial charge in [-0.2, -0.15) is 13.2 Å². The van der Waals surface area contributed by atoms with E-state index in [4.69, 9.17) is 11.6 Å². The molecule has 1 aromatic rings. The van der Waals surface area contributed by atoms with Crippen LogP contribution in [0.1, 0.15) is 5.56 Å². The summed E-state index contributed by atoms with van der Waals surface area (Å²) in [6.45, 7) is 0. The fourth-order valence-corrected chi connectivity index (χ4v) is 0.934. The maximum Gasteiger partial charge on any atom is 0.417 e. The minimum Gasteiger partial charge on any atom is -0.166 e. The Balaban J connectivity index is 0.00000121. The van der Waals surface area contributed by atoms with E-state index < -0.39 is 11.7 Å². The van der Waals surface area contributed by atoms with E-state index in [9.17, 15) is 13.2 Å². The molecule has 0 heterocycles. The largest absolute Gasteiger partial charge is 0.417 e. The van der Waals surface area contributed by atoms with Crippen molar-refractivity contribution in [2.75, 3.05) is 0 Å². The summed E-state index contributed by atoms with van der Waals surface area (Å²) < 4.78 is 35.9. The van der Waals surface area contributed by atoms with Crippen LogP contribution in [0.4, 0.5) is 13.2 Å². The Morgan fingerprint density at radius 1 is 1.08 bits per heavy atom. The van der Waals surface area contributed by atoms with Gasteiger partial charge < -0.3 is 0 Å². The van der Waals surface area contributed by atoms with Crippen molar-refractivity contribution in [2.24, 2.45) is 0 Å². The molecule has 12 heavy (non-hydrogen) atoms. The monoisotopic (exact) mass is 204 g/mol. The summed E-state index contributed by atoms with van der Waals surface area (Å²) in [4.78, 5) is 0. The van der Waals surface area contributed by atoms with Crippen LogP contribution in [0.5, 0.6) is 0 Å².